The molecule has 0 radical (unpaired) electrons. The minimum Gasteiger partial charge on any atom is -0.469 e. The van der Waals surface area contributed by atoms with Crippen molar-refractivity contribution in [2.24, 2.45) is 0 Å². The molecule has 19 heavy (non-hydrogen) atoms. The summed E-state index contributed by atoms with van der Waals surface area (Å²) in [6.45, 7) is 4.17. The topological polar surface area (TPSA) is 44.1 Å². The third-order valence-electron chi connectivity index (χ3n) is 4.20. The van der Waals surface area contributed by atoms with Crippen LogP contribution in [0.25, 0.3) is 0 Å². The van der Waals surface area contributed by atoms with Gasteiger partial charge in [0.15, 0.2) is 0 Å². The average Bonchev–Trinajstić information content (AvgIpc) is 2.72. The maximum absolute atomic E-state index is 11.3. The lowest BCUT2D eigenvalue weighted by Crippen LogP contribution is -2.15. The molecule has 0 saturated heterocycles. The molecule has 1 aliphatic rings. The summed E-state index contributed by atoms with van der Waals surface area (Å²) >= 11 is 0. The van der Waals surface area contributed by atoms with E-state index in [1.807, 2.05) is 6.92 Å². The molecule has 0 N–H and O–H groups in total. The first-order valence-corrected chi connectivity index (χ1v) is 7.25. The number of hydrogen-bond donors (Lipinski definition) is 0. The summed E-state index contributed by atoms with van der Waals surface area (Å²) in [5.41, 5.74) is 3.51. The maximum atomic E-state index is 11.3. The first kappa shape index (κ1) is 14.1. The van der Waals surface area contributed by atoms with E-state index < -0.39 is 0 Å². The van der Waals surface area contributed by atoms with E-state index in [4.69, 9.17) is 9.84 Å². The van der Waals surface area contributed by atoms with Crippen molar-refractivity contribution in [2.45, 2.75) is 64.8 Å². The van der Waals surface area contributed by atoms with E-state index in [-0.39, 0.29) is 5.97 Å². The zero-order valence-electron chi connectivity index (χ0n) is 12.2. The number of carbonyl (C=O) groups excluding carboxylic acids is 1. The highest BCUT2D eigenvalue weighted by Gasteiger charge is 2.21. The van der Waals surface area contributed by atoms with Crippen LogP contribution in [0, 0.1) is 13.8 Å². The quantitative estimate of drug-likeness (QED) is 0.785. The molecule has 1 heterocycles. The van der Waals surface area contributed by atoms with Crippen LogP contribution in [0.1, 0.15) is 61.5 Å². The van der Waals surface area contributed by atoms with Crippen LogP contribution in [-0.4, -0.2) is 22.9 Å². The summed E-state index contributed by atoms with van der Waals surface area (Å²) in [6.07, 6.45) is 7.61. The normalized spacial score (nSPS) is 16.6. The molecule has 1 saturated carbocycles. The van der Waals surface area contributed by atoms with Gasteiger partial charge in [0.1, 0.15) is 0 Å². The summed E-state index contributed by atoms with van der Waals surface area (Å²) in [5, 5.41) is 4.70. The minimum absolute atomic E-state index is 0.149. The molecule has 0 aromatic carbocycles. The molecule has 0 atom stereocenters. The molecule has 0 spiro atoms. The zero-order valence-corrected chi connectivity index (χ0v) is 12.2. The highest BCUT2D eigenvalue weighted by atomic mass is 16.5. The Morgan fingerprint density at radius 2 is 2.00 bits per heavy atom. The predicted octanol–water partition coefficient (Wildman–Crippen LogP) is 3.11. The van der Waals surface area contributed by atoms with Gasteiger partial charge in [-0.05, 0) is 38.7 Å². The molecule has 1 aliphatic carbocycles. The third kappa shape index (κ3) is 3.17. The monoisotopic (exact) mass is 264 g/mol. The van der Waals surface area contributed by atoms with Crippen molar-refractivity contribution in [1.29, 1.82) is 0 Å². The molecular weight excluding hydrogens is 240 g/mol. The molecule has 1 aromatic rings. The van der Waals surface area contributed by atoms with Crippen LogP contribution < -0.4 is 0 Å². The van der Waals surface area contributed by atoms with Crippen LogP contribution in [0.2, 0.25) is 0 Å². The molecule has 0 amide bonds. The fourth-order valence-corrected chi connectivity index (χ4v) is 3.07. The SMILES string of the molecule is COC(=O)CCc1c(C)nn(C2CCCCC2)c1C. The fraction of sp³-hybridized carbons (Fsp3) is 0.733. The Bertz CT molecular complexity index is 445. The van der Waals surface area contributed by atoms with Gasteiger partial charge in [-0.1, -0.05) is 19.3 Å². The second kappa shape index (κ2) is 6.22. The molecular formula is C15H24N2O2. The maximum Gasteiger partial charge on any atom is 0.305 e. The number of carbonyl (C=O) groups is 1. The highest BCUT2D eigenvalue weighted by Crippen LogP contribution is 2.30. The van der Waals surface area contributed by atoms with E-state index in [1.54, 1.807) is 0 Å². The standard InChI is InChI=1S/C15H24N2O2/c1-11-14(9-10-15(18)19-3)12(2)17(16-11)13-7-5-4-6-8-13/h13H,4-10H2,1-3H3. The molecule has 1 fully saturated rings. The number of aryl methyl sites for hydroxylation is 1. The van der Waals surface area contributed by atoms with E-state index in [9.17, 15) is 4.79 Å². The summed E-state index contributed by atoms with van der Waals surface area (Å²) in [6, 6.07) is 0.555. The van der Waals surface area contributed by atoms with Gasteiger partial charge in [0.05, 0.1) is 18.8 Å². The van der Waals surface area contributed by atoms with Crippen molar-refractivity contribution >= 4 is 5.97 Å². The summed E-state index contributed by atoms with van der Waals surface area (Å²) in [4.78, 5) is 11.3. The van der Waals surface area contributed by atoms with Gasteiger partial charge >= 0.3 is 5.97 Å². The zero-order chi connectivity index (χ0) is 13.8. The molecule has 0 unspecified atom stereocenters. The summed E-state index contributed by atoms with van der Waals surface area (Å²) in [7, 11) is 1.44. The Morgan fingerprint density at radius 1 is 1.32 bits per heavy atom. The number of hydrogen-bond acceptors (Lipinski definition) is 3. The van der Waals surface area contributed by atoms with E-state index in [2.05, 4.69) is 11.6 Å². The molecule has 2 rings (SSSR count). The number of nitrogens with zero attached hydrogens (tertiary/aromatic N) is 2. The van der Waals surface area contributed by atoms with Gasteiger partial charge in [-0.25, -0.2) is 0 Å². The van der Waals surface area contributed by atoms with Crippen molar-refractivity contribution in [3.8, 4) is 0 Å². The largest absolute Gasteiger partial charge is 0.469 e. The number of esters is 1. The molecule has 0 aliphatic heterocycles. The summed E-state index contributed by atoms with van der Waals surface area (Å²) in [5.74, 6) is -0.149. The first-order chi connectivity index (χ1) is 9.13. The van der Waals surface area contributed by atoms with Crippen molar-refractivity contribution in [2.75, 3.05) is 7.11 Å². The predicted molar refractivity (Wildman–Crippen MR) is 74.2 cm³/mol. The van der Waals surface area contributed by atoms with Crippen LogP contribution >= 0.6 is 0 Å². The van der Waals surface area contributed by atoms with Crippen LogP contribution in [0.5, 0.6) is 0 Å². The van der Waals surface area contributed by atoms with Crippen molar-refractivity contribution in [3.05, 3.63) is 17.0 Å². The van der Waals surface area contributed by atoms with Crippen LogP contribution in [0.4, 0.5) is 0 Å². The highest BCUT2D eigenvalue weighted by molar-refractivity contribution is 5.69. The number of methoxy groups -OCH3 is 1. The molecule has 106 valence electrons. The Hall–Kier alpha value is -1.32. The van der Waals surface area contributed by atoms with Crippen LogP contribution in [0.3, 0.4) is 0 Å². The Labute approximate surface area is 115 Å². The van der Waals surface area contributed by atoms with E-state index >= 15 is 0 Å². The number of ether oxygens (including phenoxy) is 1. The lowest BCUT2D eigenvalue weighted by molar-refractivity contribution is -0.140. The average molecular weight is 264 g/mol. The Kier molecular flexibility index (Phi) is 4.61. The van der Waals surface area contributed by atoms with Gasteiger partial charge in [-0.3, -0.25) is 9.48 Å². The van der Waals surface area contributed by atoms with E-state index in [0.717, 1.165) is 12.1 Å². The molecule has 4 nitrogen and oxygen atoms in total. The van der Waals surface area contributed by atoms with Gasteiger partial charge in [0.25, 0.3) is 0 Å². The molecule has 1 aromatic heterocycles. The molecule has 0 bridgehead atoms. The second-order valence-electron chi connectivity index (χ2n) is 5.46. The Morgan fingerprint density at radius 3 is 2.63 bits per heavy atom. The van der Waals surface area contributed by atoms with Gasteiger partial charge in [-0.15, -0.1) is 0 Å². The lowest BCUT2D eigenvalue weighted by Gasteiger charge is -2.23. The van der Waals surface area contributed by atoms with E-state index in [1.165, 1.54) is 50.5 Å². The summed E-state index contributed by atoms with van der Waals surface area (Å²) < 4.78 is 6.90. The second-order valence-corrected chi connectivity index (χ2v) is 5.46. The third-order valence-corrected chi connectivity index (χ3v) is 4.20. The Balaban J connectivity index is 2.12. The van der Waals surface area contributed by atoms with Crippen molar-refractivity contribution in [1.82, 2.24) is 9.78 Å². The van der Waals surface area contributed by atoms with Gasteiger partial charge in [0.2, 0.25) is 0 Å². The lowest BCUT2D eigenvalue weighted by atomic mass is 9.95. The minimum atomic E-state index is -0.149. The number of rotatable bonds is 4. The van der Waals surface area contributed by atoms with Gasteiger partial charge in [-0.2, -0.15) is 5.10 Å². The number of aromatic nitrogens is 2. The fourth-order valence-electron chi connectivity index (χ4n) is 3.07. The van der Waals surface area contributed by atoms with Crippen molar-refractivity contribution in [3.63, 3.8) is 0 Å². The smallest absolute Gasteiger partial charge is 0.305 e. The van der Waals surface area contributed by atoms with Crippen LogP contribution in [-0.2, 0) is 16.0 Å². The van der Waals surface area contributed by atoms with Gasteiger partial charge in [0, 0.05) is 12.1 Å². The van der Waals surface area contributed by atoms with Gasteiger partial charge < -0.3 is 4.74 Å². The first-order valence-electron chi connectivity index (χ1n) is 7.25. The molecule has 4 heteroatoms. The van der Waals surface area contributed by atoms with Crippen molar-refractivity contribution < 1.29 is 9.53 Å². The van der Waals surface area contributed by atoms with Crippen LogP contribution in [0.15, 0.2) is 0 Å². The van der Waals surface area contributed by atoms with E-state index in [0.29, 0.717) is 12.5 Å².